The van der Waals surface area contributed by atoms with Gasteiger partial charge in [-0.2, -0.15) is 13.2 Å². The number of halogens is 3. The summed E-state index contributed by atoms with van der Waals surface area (Å²) in [6.45, 7) is 5.66. The first kappa shape index (κ1) is 19.4. The molecule has 3 rings (SSSR count). The van der Waals surface area contributed by atoms with Gasteiger partial charge in [0.15, 0.2) is 5.58 Å². The number of oxazole rings is 1. The van der Waals surface area contributed by atoms with Gasteiger partial charge < -0.3 is 4.42 Å². The summed E-state index contributed by atoms with van der Waals surface area (Å²) < 4.78 is 43.4. The number of nitrogens with zero attached hydrogens (tertiary/aromatic N) is 3. The molecule has 0 bridgehead atoms. The fourth-order valence-electron chi connectivity index (χ4n) is 2.10. The van der Waals surface area contributed by atoms with Gasteiger partial charge in [-0.1, -0.05) is 6.08 Å². The third-order valence-corrected chi connectivity index (χ3v) is 3.35. The normalized spacial score (nSPS) is 11.9. The third kappa shape index (κ3) is 4.78. The van der Waals surface area contributed by atoms with Crippen molar-refractivity contribution in [2.45, 2.75) is 26.9 Å². The van der Waals surface area contributed by atoms with Crippen molar-refractivity contribution < 1.29 is 17.6 Å². The van der Waals surface area contributed by atoms with Crippen LogP contribution in [0.2, 0.25) is 0 Å². The minimum Gasteiger partial charge on any atom is -0.436 e. The zero-order valence-electron chi connectivity index (χ0n) is 14.6. The molecular formula is C19H18F3N3O. The van der Waals surface area contributed by atoms with E-state index in [0.717, 1.165) is 17.7 Å². The highest BCUT2D eigenvalue weighted by Crippen LogP contribution is 2.33. The monoisotopic (exact) mass is 361 g/mol. The van der Waals surface area contributed by atoms with Gasteiger partial charge in [-0.05, 0) is 50.6 Å². The molecule has 2 aromatic heterocycles. The van der Waals surface area contributed by atoms with Crippen molar-refractivity contribution in [2.24, 2.45) is 4.99 Å². The Bertz CT molecular complexity index is 917. The number of rotatable bonds is 2. The molecule has 4 nitrogen and oxygen atoms in total. The molecule has 0 aliphatic heterocycles. The second-order valence-corrected chi connectivity index (χ2v) is 5.28. The fourth-order valence-corrected chi connectivity index (χ4v) is 2.10. The largest absolute Gasteiger partial charge is 0.436 e. The highest BCUT2D eigenvalue weighted by atomic mass is 19.4. The van der Waals surface area contributed by atoms with Crippen LogP contribution in [0.3, 0.4) is 0 Å². The van der Waals surface area contributed by atoms with E-state index in [9.17, 15) is 13.2 Å². The Kier molecular flexibility index (Phi) is 6.27. The molecule has 0 unspecified atom stereocenters. The zero-order valence-corrected chi connectivity index (χ0v) is 14.6. The molecule has 3 aromatic rings. The fraction of sp³-hybridized carbons (Fsp3) is 0.211. The third-order valence-electron chi connectivity index (χ3n) is 3.35. The Morgan fingerprint density at radius 2 is 1.92 bits per heavy atom. The van der Waals surface area contributed by atoms with E-state index in [-0.39, 0.29) is 5.52 Å². The number of aromatic nitrogens is 2. The van der Waals surface area contributed by atoms with Crippen LogP contribution in [-0.4, -0.2) is 16.2 Å². The predicted molar refractivity (Wildman–Crippen MR) is 96.0 cm³/mol. The van der Waals surface area contributed by atoms with Crippen molar-refractivity contribution in [1.29, 1.82) is 0 Å². The summed E-state index contributed by atoms with van der Waals surface area (Å²) in [6.07, 6.45) is 4.23. The molecule has 136 valence electrons. The number of allylic oxidation sites excluding steroid dienone is 1. The van der Waals surface area contributed by atoms with Crippen LogP contribution in [0.15, 0.2) is 58.3 Å². The molecule has 7 heteroatoms. The van der Waals surface area contributed by atoms with E-state index in [2.05, 4.69) is 15.0 Å². The molecule has 0 amide bonds. The highest BCUT2D eigenvalue weighted by molar-refractivity contribution is 5.77. The van der Waals surface area contributed by atoms with E-state index in [4.69, 9.17) is 4.42 Å². The van der Waals surface area contributed by atoms with E-state index in [1.807, 2.05) is 26.8 Å². The van der Waals surface area contributed by atoms with Gasteiger partial charge in [0.25, 0.3) is 0 Å². The van der Waals surface area contributed by atoms with Crippen molar-refractivity contribution in [1.82, 2.24) is 9.97 Å². The number of hydrogen-bond donors (Lipinski definition) is 0. The van der Waals surface area contributed by atoms with Gasteiger partial charge in [-0.3, -0.25) is 9.98 Å². The Balaban J connectivity index is 0.000000352. The number of hydrogen-bond acceptors (Lipinski definition) is 4. The van der Waals surface area contributed by atoms with Crippen LogP contribution < -0.4 is 0 Å². The number of aliphatic imine (C=N–C) groups is 1. The average Bonchev–Trinajstić information content (AvgIpc) is 3.03. The molecule has 0 aliphatic carbocycles. The number of fused-ring (bicyclic) bond motifs is 1. The van der Waals surface area contributed by atoms with E-state index < -0.39 is 11.7 Å². The smallest absolute Gasteiger partial charge is 0.416 e. The molecule has 0 aliphatic rings. The second kappa shape index (κ2) is 8.42. The lowest BCUT2D eigenvalue weighted by atomic mass is 10.1. The molecule has 26 heavy (non-hydrogen) atoms. The molecule has 0 saturated carbocycles. The van der Waals surface area contributed by atoms with E-state index in [1.165, 1.54) is 6.07 Å². The molecule has 2 heterocycles. The molecule has 1 aromatic carbocycles. The van der Waals surface area contributed by atoms with Crippen LogP contribution in [0.25, 0.3) is 22.6 Å². The van der Waals surface area contributed by atoms with Crippen LogP contribution in [-0.2, 0) is 6.18 Å². The van der Waals surface area contributed by atoms with Crippen molar-refractivity contribution in [3.8, 4) is 11.5 Å². The summed E-state index contributed by atoms with van der Waals surface area (Å²) in [5.41, 5.74) is 1.33. The topological polar surface area (TPSA) is 51.3 Å². The summed E-state index contributed by atoms with van der Waals surface area (Å²) in [4.78, 5) is 11.9. The van der Waals surface area contributed by atoms with Crippen molar-refractivity contribution in [3.05, 3.63) is 60.1 Å². The summed E-state index contributed by atoms with van der Waals surface area (Å²) in [5.74, 6) is 0.291. The van der Waals surface area contributed by atoms with E-state index in [0.29, 0.717) is 17.0 Å². The molecule has 0 N–H and O–H groups in total. The lowest BCUT2D eigenvalue weighted by molar-refractivity contribution is -0.137. The van der Waals surface area contributed by atoms with Crippen LogP contribution in [0, 0.1) is 6.92 Å². The summed E-state index contributed by atoms with van der Waals surface area (Å²) in [5, 5.41) is 0. The molecule has 0 spiro atoms. The minimum atomic E-state index is -4.39. The minimum absolute atomic E-state index is 0.186. The Hall–Kier alpha value is -2.96. The van der Waals surface area contributed by atoms with Gasteiger partial charge in [-0.25, -0.2) is 4.98 Å². The molecular weight excluding hydrogens is 343 g/mol. The lowest BCUT2D eigenvalue weighted by Gasteiger charge is -2.04. The number of aryl methyl sites for hydroxylation is 1. The molecule has 0 fully saturated rings. The van der Waals surface area contributed by atoms with E-state index in [1.54, 1.807) is 30.9 Å². The van der Waals surface area contributed by atoms with E-state index >= 15 is 0 Å². The maximum absolute atomic E-state index is 12.6. The number of benzene rings is 1. The van der Waals surface area contributed by atoms with Crippen molar-refractivity contribution in [3.63, 3.8) is 0 Å². The van der Waals surface area contributed by atoms with Gasteiger partial charge in [-0.15, -0.1) is 0 Å². The Labute approximate surface area is 149 Å². The van der Waals surface area contributed by atoms with Crippen LogP contribution in [0.4, 0.5) is 13.2 Å². The lowest BCUT2D eigenvalue weighted by Crippen LogP contribution is -2.03. The first-order valence-electron chi connectivity index (χ1n) is 7.84. The summed E-state index contributed by atoms with van der Waals surface area (Å²) >= 11 is 0. The molecule has 0 radical (unpaired) electrons. The average molecular weight is 361 g/mol. The number of pyridine rings is 1. The first-order valence-corrected chi connectivity index (χ1v) is 7.84. The van der Waals surface area contributed by atoms with Crippen LogP contribution in [0.5, 0.6) is 0 Å². The van der Waals surface area contributed by atoms with Crippen LogP contribution in [0.1, 0.15) is 25.0 Å². The standard InChI is InChI=1S/C14H9F3N2O.C5H9N/c1-8-7-18-5-4-10(8)13-19-11-6-9(14(15,16)17)2-3-12(11)20-13;1-3-5-6-4-2/h2-7H,1H3;3-5H,1-2H3/b;5-3-,6-4?. The summed E-state index contributed by atoms with van der Waals surface area (Å²) in [6, 6.07) is 4.96. The maximum atomic E-state index is 12.6. The second-order valence-electron chi connectivity index (χ2n) is 5.28. The Morgan fingerprint density at radius 1 is 1.15 bits per heavy atom. The SMILES string of the molecule is CC=N/C=C\C.Cc1cnccc1-c1nc2cc(C(F)(F)F)ccc2o1. The quantitative estimate of drug-likeness (QED) is 0.540. The number of alkyl halides is 3. The van der Waals surface area contributed by atoms with Crippen molar-refractivity contribution >= 4 is 17.3 Å². The first-order chi connectivity index (χ1) is 12.4. The van der Waals surface area contributed by atoms with Gasteiger partial charge in [0.1, 0.15) is 5.52 Å². The van der Waals surface area contributed by atoms with Gasteiger partial charge >= 0.3 is 6.18 Å². The molecule has 0 saturated heterocycles. The van der Waals surface area contributed by atoms with Gasteiger partial charge in [0.2, 0.25) is 5.89 Å². The zero-order chi connectivity index (χ0) is 19.2. The summed E-state index contributed by atoms with van der Waals surface area (Å²) in [7, 11) is 0. The Morgan fingerprint density at radius 3 is 2.50 bits per heavy atom. The molecule has 0 atom stereocenters. The van der Waals surface area contributed by atoms with Crippen molar-refractivity contribution in [2.75, 3.05) is 0 Å². The van der Waals surface area contributed by atoms with Gasteiger partial charge in [0.05, 0.1) is 5.56 Å². The van der Waals surface area contributed by atoms with Gasteiger partial charge in [0, 0.05) is 30.4 Å². The van der Waals surface area contributed by atoms with Crippen LogP contribution >= 0.6 is 0 Å². The maximum Gasteiger partial charge on any atom is 0.416 e. The predicted octanol–water partition coefficient (Wildman–Crippen LogP) is 5.83. The highest BCUT2D eigenvalue weighted by Gasteiger charge is 2.31.